The van der Waals surface area contributed by atoms with Crippen LogP contribution in [0, 0.1) is 5.41 Å². The molecule has 0 saturated carbocycles. The summed E-state index contributed by atoms with van der Waals surface area (Å²) < 4.78 is 17.1. The smallest absolute Gasteiger partial charge is 0.409 e. The number of ether oxygens (including phenoxy) is 3. The first-order valence-corrected chi connectivity index (χ1v) is 12.4. The Labute approximate surface area is 207 Å². The average molecular weight is 481 g/mol. The first kappa shape index (κ1) is 25.0. The van der Waals surface area contributed by atoms with Crippen molar-refractivity contribution in [3.63, 3.8) is 0 Å². The Kier molecular flexibility index (Phi) is 7.36. The van der Waals surface area contributed by atoms with Crippen molar-refractivity contribution >= 4 is 17.7 Å². The molecule has 0 atom stereocenters. The van der Waals surface area contributed by atoms with Crippen LogP contribution in [0.4, 0.5) is 10.5 Å². The summed E-state index contributed by atoms with van der Waals surface area (Å²) in [7, 11) is 0. The average Bonchev–Trinajstić information content (AvgIpc) is 3.18. The molecule has 0 radical (unpaired) electrons. The van der Waals surface area contributed by atoms with E-state index >= 15 is 0 Å². The highest BCUT2D eigenvalue weighted by atomic mass is 16.6. The molecule has 2 aromatic rings. The molecular weight excluding hydrogens is 444 g/mol. The van der Waals surface area contributed by atoms with Gasteiger partial charge in [-0.25, -0.2) is 4.79 Å². The van der Waals surface area contributed by atoms with Crippen molar-refractivity contribution in [2.24, 2.45) is 5.41 Å². The van der Waals surface area contributed by atoms with Crippen LogP contribution in [0.1, 0.15) is 46.1 Å². The van der Waals surface area contributed by atoms with E-state index in [2.05, 4.69) is 38.2 Å². The molecule has 0 aromatic heterocycles. The van der Waals surface area contributed by atoms with Gasteiger partial charge in [0.15, 0.2) is 0 Å². The number of benzene rings is 2. The van der Waals surface area contributed by atoms with Gasteiger partial charge in [-0.3, -0.25) is 4.79 Å². The predicted octanol–water partition coefficient (Wildman–Crippen LogP) is 5.28. The van der Waals surface area contributed by atoms with Gasteiger partial charge in [-0.15, -0.1) is 0 Å². The third-order valence-electron chi connectivity index (χ3n) is 6.40. The lowest BCUT2D eigenvalue weighted by Gasteiger charge is -2.38. The summed E-state index contributed by atoms with van der Waals surface area (Å²) in [5, 5.41) is 2.84. The lowest BCUT2D eigenvalue weighted by Crippen LogP contribution is -2.49. The summed E-state index contributed by atoms with van der Waals surface area (Å²) in [6.07, 6.45) is 2.19. The van der Waals surface area contributed by atoms with E-state index in [0.29, 0.717) is 26.3 Å². The number of hydrogen-bond donors (Lipinski definition) is 1. The molecule has 2 aliphatic heterocycles. The van der Waals surface area contributed by atoms with Gasteiger partial charge in [0.25, 0.3) is 0 Å². The largest absolute Gasteiger partial charge is 0.487 e. The van der Waals surface area contributed by atoms with E-state index in [1.807, 2.05) is 37.3 Å². The van der Waals surface area contributed by atoms with Crippen molar-refractivity contribution in [1.29, 1.82) is 0 Å². The summed E-state index contributed by atoms with van der Waals surface area (Å²) in [5.41, 5.74) is 3.83. The molecule has 2 amide bonds. The van der Waals surface area contributed by atoms with E-state index < -0.39 is 0 Å². The lowest BCUT2D eigenvalue weighted by atomic mass is 9.86. The van der Waals surface area contributed by atoms with E-state index in [1.165, 1.54) is 5.56 Å². The summed E-state index contributed by atoms with van der Waals surface area (Å²) in [6.45, 7) is 10.3. The van der Waals surface area contributed by atoms with Crippen LogP contribution in [0.3, 0.4) is 0 Å². The van der Waals surface area contributed by atoms with Crippen LogP contribution < -0.4 is 10.1 Å². The zero-order valence-electron chi connectivity index (χ0n) is 21.2. The minimum atomic E-state index is -0.254. The number of likely N-dealkylation sites (tertiary alicyclic amines) is 1. The second-order valence-corrected chi connectivity index (χ2v) is 10.6. The standard InChI is InChI=1S/C28H36N2O5/c1-5-33-18-25(31)29-23-9-6-20(7-10-23)21-8-11-24-22(16-21)17-28(35-24)12-14-30(15-13-28)26(32)34-19-27(2,3)4/h6-11,16H,5,12-15,17-19H2,1-4H3,(H,29,31). The molecule has 0 aliphatic carbocycles. The van der Waals surface area contributed by atoms with Gasteiger partial charge in [0.1, 0.15) is 18.0 Å². The van der Waals surface area contributed by atoms with Gasteiger partial charge >= 0.3 is 6.09 Å². The number of nitrogens with one attached hydrogen (secondary N) is 1. The maximum Gasteiger partial charge on any atom is 0.409 e. The van der Waals surface area contributed by atoms with E-state index in [-0.39, 0.29) is 29.6 Å². The SMILES string of the molecule is CCOCC(=O)Nc1ccc(-c2ccc3c(c2)CC2(CCN(C(=O)OCC(C)(C)C)CC2)O3)cc1. The fraction of sp³-hybridized carbons (Fsp3) is 0.500. The molecule has 7 heteroatoms. The Morgan fingerprint density at radius 2 is 1.74 bits per heavy atom. The van der Waals surface area contributed by atoms with E-state index in [0.717, 1.165) is 41.8 Å². The highest BCUT2D eigenvalue weighted by molar-refractivity contribution is 5.92. The molecule has 1 spiro atoms. The zero-order valence-corrected chi connectivity index (χ0v) is 21.2. The normalized spacial score (nSPS) is 16.5. The van der Waals surface area contributed by atoms with Crippen LogP contribution in [0.25, 0.3) is 11.1 Å². The number of nitrogens with zero attached hydrogens (tertiary/aromatic N) is 1. The molecule has 1 saturated heterocycles. The van der Waals surface area contributed by atoms with Crippen LogP contribution in [-0.4, -0.2) is 55.4 Å². The number of anilines is 1. The highest BCUT2D eigenvalue weighted by Gasteiger charge is 2.43. The van der Waals surface area contributed by atoms with Crippen LogP contribution in [0.5, 0.6) is 5.75 Å². The van der Waals surface area contributed by atoms with E-state index in [1.54, 1.807) is 4.90 Å². The fourth-order valence-corrected chi connectivity index (χ4v) is 4.50. The van der Waals surface area contributed by atoms with Gasteiger partial charge in [0.2, 0.25) is 5.91 Å². The van der Waals surface area contributed by atoms with Crippen molar-refractivity contribution in [1.82, 2.24) is 4.90 Å². The number of fused-ring (bicyclic) bond motifs is 1. The maximum atomic E-state index is 12.4. The summed E-state index contributed by atoms with van der Waals surface area (Å²) in [4.78, 5) is 26.1. The first-order valence-electron chi connectivity index (χ1n) is 12.4. The quantitative estimate of drug-likeness (QED) is 0.609. The molecule has 1 N–H and O–H groups in total. The Morgan fingerprint density at radius 3 is 2.40 bits per heavy atom. The second kappa shape index (κ2) is 10.3. The van der Waals surface area contributed by atoms with Crippen LogP contribution in [0.2, 0.25) is 0 Å². The van der Waals surface area contributed by atoms with Crippen LogP contribution >= 0.6 is 0 Å². The minimum absolute atomic E-state index is 0.0432. The molecule has 2 aliphatic rings. The van der Waals surface area contributed by atoms with Crippen molar-refractivity contribution in [3.8, 4) is 16.9 Å². The Balaban J connectivity index is 1.35. The van der Waals surface area contributed by atoms with Crippen LogP contribution in [0.15, 0.2) is 42.5 Å². The first-order chi connectivity index (χ1) is 16.7. The molecule has 4 rings (SSSR count). The third kappa shape index (κ3) is 6.34. The Morgan fingerprint density at radius 1 is 1.06 bits per heavy atom. The molecule has 0 unspecified atom stereocenters. The number of carbonyl (C=O) groups is 2. The maximum absolute atomic E-state index is 12.4. The molecular formula is C28H36N2O5. The summed E-state index contributed by atoms with van der Waals surface area (Å²) >= 11 is 0. The molecule has 1 fully saturated rings. The highest BCUT2D eigenvalue weighted by Crippen LogP contribution is 2.42. The summed E-state index contributed by atoms with van der Waals surface area (Å²) in [6, 6.07) is 14.1. The van der Waals surface area contributed by atoms with Crippen molar-refractivity contribution in [2.45, 2.75) is 52.6 Å². The molecule has 0 bridgehead atoms. The van der Waals surface area contributed by atoms with Gasteiger partial charge < -0.3 is 24.4 Å². The number of amides is 2. The monoisotopic (exact) mass is 480 g/mol. The third-order valence-corrected chi connectivity index (χ3v) is 6.40. The van der Waals surface area contributed by atoms with Gasteiger partial charge in [0, 0.05) is 44.6 Å². The molecule has 2 aromatic carbocycles. The van der Waals surface area contributed by atoms with E-state index in [4.69, 9.17) is 14.2 Å². The predicted molar refractivity (Wildman–Crippen MR) is 136 cm³/mol. The Bertz CT molecular complexity index is 1050. The minimum Gasteiger partial charge on any atom is -0.487 e. The van der Waals surface area contributed by atoms with E-state index in [9.17, 15) is 9.59 Å². The molecule has 35 heavy (non-hydrogen) atoms. The van der Waals surface area contributed by atoms with Gasteiger partial charge in [0.05, 0.1) is 6.61 Å². The molecule has 2 heterocycles. The second-order valence-electron chi connectivity index (χ2n) is 10.6. The lowest BCUT2D eigenvalue weighted by molar-refractivity contribution is -0.120. The van der Waals surface area contributed by atoms with Crippen molar-refractivity contribution in [2.75, 3.05) is 38.2 Å². The zero-order chi connectivity index (χ0) is 25.1. The topological polar surface area (TPSA) is 77.1 Å². The van der Waals surface area contributed by atoms with Crippen molar-refractivity contribution in [3.05, 3.63) is 48.0 Å². The van der Waals surface area contributed by atoms with Gasteiger partial charge in [-0.05, 0) is 53.3 Å². The number of hydrogen-bond acceptors (Lipinski definition) is 5. The number of carbonyl (C=O) groups excluding carboxylic acids is 2. The Hall–Kier alpha value is -3.06. The van der Waals surface area contributed by atoms with Gasteiger partial charge in [-0.2, -0.15) is 0 Å². The van der Waals surface area contributed by atoms with Gasteiger partial charge in [-0.1, -0.05) is 39.0 Å². The van der Waals surface area contributed by atoms with Crippen LogP contribution in [-0.2, 0) is 20.7 Å². The molecule has 188 valence electrons. The summed E-state index contributed by atoms with van der Waals surface area (Å²) in [5.74, 6) is 0.769. The number of rotatable bonds is 6. The number of piperidine rings is 1. The fourth-order valence-electron chi connectivity index (χ4n) is 4.50. The van der Waals surface area contributed by atoms with Crippen molar-refractivity contribution < 1.29 is 23.8 Å². The molecule has 7 nitrogen and oxygen atoms in total.